The third-order valence-electron chi connectivity index (χ3n) is 6.17. The summed E-state index contributed by atoms with van der Waals surface area (Å²) < 4.78 is 34.2. The number of sulfonamides is 1. The van der Waals surface area contributed by atoms with Crippen LogP contribution in [0.1, 0.15) is 31.4 Å². The quantitative estimate of drug-likeness (QED) is 0.375. The molecule has 0 radical (unpaired) electrons. The molecular weight excluding hydrogens is 502 g/mol. The Labute approximate surface area is 225 Å². The maximum Gasteiger partial charge on any atom is 0.264 e. The van der Waals surface area contributed by atoms with Crippen molar-refractivity contribution in [3.8, 4) is 5.75 Å². The van der Waals surface area contributed by atoms with Gasteiger partial charge in [-0.25, -0.2) is 8.42 Å². The minimum absolute atomic E-state index is 0.0413. The van der Waals surface area contributed by atoms with Gasteiger partial charge < -0.3 is 15.0 Å². The average Bonchev–Trinajstić information content (AvgIpc) is 2.93. The number of para-hydroxylation sites is 2. The van der Waals surface area contributed by atoms with E-state index in [1.807, 2.05) is 45.0 Å². The zero-order valence-corrected chi connectivity index (χ0v) is 23.1. The molecule has 3 aromatic carbocycles. The first kappa shape index (κ1) is 28.7. The highest BCUT2D eigenvalue weighted by atomic mass is 32.2. The van der Waals surface area contributed by atoms with Gasteiger partial charge in [-0.1, -0.05) is 67.1 Å². The van der Waals surface area contributed by atoms with Crippen molar-refractivity contribution in [3.63, 3.8) is 0 Å². The second-order valence-corrected chi connectivity index (χ2v) is 10.7. The highest BCUT2D eigenvalue weighted by Gasteiger charge is 2.34. The fraction of sp³-hybridized carbons (Fsp3) is 0.310. The fourth-order valence-electron chi connectivity index (χ4n) is 4.17. The number of nitrogens with zero attached hydrogens (tertiary/aromatic N) is 2. The lowest BCUT2D eigenvalue weighted by molar-refractivity contribution is -0.140. The minimum atomic E-state index is -4.15. The molecule has 1 N–H and O–H groups in total. The first-order valence-corrected chi connectivity index (χ1v) is 14.0. The zero-order valence-electron chi connectivity index (χ0n) is 22.3. The molecule has 3 aromatic rings. The number of hydrogen-bond donors (Lipinski definition) is 1. The third-order valence-corrected chi connectivity index (χ3v) is 7.95. The van der Waals surface area contributed by atoms with Crippen LogP contribution in [0.5, 0.6) is 5.75 Å². The smallest absolute Gasteiger partial charge is 0.264 e. The van der Waals surface area contributed by atoms with E-state index in [2.05, 4.69) is 5.32 Å². The summed E-state index contributed by atoms with van der Waals surface area (Å²) in [4.78, 5) is 28.5. The second kappa shape index (κ2) is 13.1. The van der Waals surface area contributed by atoms with E-state index in [0.717, 1.165) is 15.4 Å². The first-order valence-electron chi connectivity index (χ1n) is 12.6. The van der Waals surface area contributed by atoms with Crippen LogP contribution in [0.2, 0.25) is 0 Å². The van der Waals surface area contributed by atoms with E-state index in [0.29, 0.717) is 18.7 Å². The Morgan fingerprint density at radius 1 is 0.921 bits per heavy atom. The standard InChI is InChI=1S/C29H35N3O5S/c1-5-25(29(34)30-6-2)31(20-23-18-16-22(3)17-19-23)28(33)21-32(26-14-10-11-15-27(26)37-4)38(35,36)24-12-8-7-9-13-24/h7-19,25H,5-6,20-21H2,1-4H3,(H,30,34). The third kappa shape index (κ3) is 6.72. The molecule has 0 heterocycles. The molecule has 0 aromatic heterocycles. The fourth-order valence-corrected chi connectivity index (χ4v) is 5.62. The van der Waals surface area contributed by atoms with Crippen LogP contribution in [0.25, 0.3) is 0 Å². The van der Waals surface area contributed by atoms with E-state index < -0.39 is 28.5 Å². The van der Waals surface area contributed by atoms with Gasteiger partial charge in [0.2, 0.25) is 11.8 Å². The number of nitrogens with one attached hydrogen (secondary N) is 1. The van der Waals surface area contributed by atoms with Crippen LogP contribution in [-0.2, 0) is 26.2 Å². The lowest BCUT2D eigenvalue weighted by atomic mass is 10.1. The molecule has 3 rings (SSSR count). The molecule has 0 aliphatic rings. The molecule has 9 heteroatoms. The Hall–Kier alpha value is -3.85. The van der Waals surface area contributed by atoms with Gasteiger partial charge in [-0.15, -0.1) is 0 Å². The van der Waals surface area contributed by atoms with Crippen molar-refractivity contribution < 1.29 is 22.7 Å². The van der Waals surface area contributed by atoms with Gasteiger partial charge in [0.15, 0.2) is 0 Å². The molecule has 0 fully saturated rings. The van der Waals surface area contributed by atoms with Crippen molar-refractivity contribution in [3.05, 3.63) is 90.0 Å². The van der Waals surface area contributed by atoms with E-state index in [1.54, 1.807) is 42.5 Å². The Morgan fingerprint density at radius 2 is 1.55 bits per heavy atom. The molecule has 8 nitrogen and oxygen atoms in total. The molecule has 0 aliphatic heterocycles. The molecule has 0 saturated carbocycles. The summed E-state index contributed by atoms with van der Waals surface area (Å²) in [5.41, 5.74) is 2.13. The maximum absolute atomic E-state index is 14.0. The number of anilines is 1. The van der Waals surface area contributed by atoms with Gasteiger partial charge in [-0.2, -0.15) is 0 Å². The molecule has 2 amide bonds. The van der Waals surface area contributed by atoms with E-state index in [4.69, 9.17) is 4.74 Å². The highest BCUT2D eigenvalue weighted by Crippen LogP contribution is 2.32. The number of ether oxygens (including phenoxy) is 1. The zero-order chi connectivity index (χ0) is 27.7. The van der Waals surface area contributed by atoms with Crippen LogP contribution in [0.4, 0.5) is 5.69 Å². The lowest BCUT2D eigenvalue weighted by Gasteiger charge is -2.33. The minimum Gasteiger partial charge on any atom is -0.495 e. The number of amides is 2. The van der Waals surface area contributed by atoms with Crippen LogP contribution in [-0.4, -0.2) is 51.4 Å². The van der Waals surface area contributed by atoms with Crippen LogP contribution in [0.15, 0.2) is 83.8 Å². The van der Waals surface area contributed by atoms with Gasteiger partial charge in [-0.05, 0) is 50.1 Å². The molecule has 1 atom stereocenters. The van der Waals surface area contributed by atoms with Crippen LogP contribution in [0.3, 0.4) is 0 Å². The Morgan fingerprint density at radius 3 is 2.16 bits per heavy atom. The number of benzene rings is 3. The topological polar surface area (TPSA) is 96.0 Å². The van der Waals surface area contributed by atoms with E-state index >= 15 is 0 Å². The summed E-state index contributed by atoms with van der Waals surface area (Å²) in [6.07, 6.45) is 0.365. The second-order valence-electron chi connectivity index (χ2n) is 8.82. The molecule has 0 aliphatic carbocycles. The predicted octanol–water partition coefficient (Wildman–Crippen LogP) is 4.14. The van der Waals surface area contributed by atoms with E-state index in [-0.39, 0.29) is 23.0 Å². The number of carbonyl (C=O) groups is 2. The molecule has 1 unspecified atom stereocenters. The van der Waals surface area contributed by atoms with Gasteiger partial charge >= 0.3 is 0 Å². The molecule has 0 spiro atoms. The normalized spacial score (nSPS) is 11.9. The molecule has 202 valence electrons. The summed E-state index contributed by atoms with van der Waals surface area (Å²) >= 11 is 0. The summed E-state index contributed by atoms with van der Waals surface area (Å²) in [5.74, 6) is -0.486. The van der Waals surface area contributed by atoms with Crippen molar-refractivity contribution in [2.24, 2.45) is 0 Å². The highest BCUT2D eigenvalue weighted by molar-refractivity contribution is 7.92. The Balaban J connectivity index is 2.08. The van der Waals surface area contributed by atoms with E-state index in [1.165, 1.54) is 24.1 Å². The van der Waals surface area contributed by atoms with Gasteiger partial charge in [0.1, 0.15) is 18.3 Å². The maximum atomic E-state index is 14.0. The van der Waals surface area contributed by atoms with Gasteiger partial charge in [0.25, 0.3) is 10.0 Å². The Bertz CT molecular complexity index is 1330. The number of hydrogen-bond acceptors (Lipinski definition) is 5. The molecule has 0 bridgehead atoms. The van der Waals surface area contributed by atoms with E-state index in [9.17, 15) is 18.0 Å². The number of carbonyl (C=O) groups excluding carboxylic acids is 2. The first-order chi connectivity index (χ1) is 18.2. The van der Waals surface area contributed by atoms with Crippen LogP contribution < -0.4 is 14.4 Å². The van der Waals surface area contributed by atoms with Gasteiger partial charge in [0, 0.05) is 13.1 Å². The summed E-state index contributed by atoms with van der Waals surface area (Å²) in [6.45, 7) is 5.66. The van der Waals surface area contributed by atoms with Crippen molar-refractivity contribution in [2.75, 3.05) is 24.5 Å². The average molecular weight is 538 g/mol. The Kier molecular flexibility index (Phi) is 9.90. The van der Waals surface area contributed by atoms with Crippen LogP contribution >= 0.6 is 0 Å². The van der Waals surface area contributed by atoms with Crippen molar-refractivity contribution in [1.82, 2.24) is 10.2 Å². The number of rotatable bonds is 12. The summed E-state index contributed by atoms with van der Waals surface area (Å²) in [5, 5.41) is 2.80. The molecular formula is C29H35N3O5S. The number of likely N-dealkylation sites (N-methyl/N-ethyl adjacent to an activating group) is 1. The van der Waals surface area contributed by atoms with Crippen molar-refractivity contribution >= 4 is 27.5 Å². The SMILES string of the molecule is CCNC(=O)C(CC)N(Cc1ccc(C)cc1)C(=O)CN(c1ccccc1OC)S(=O)(=O)c1ccccc1. The van der Waals surface area contributed by atoms with Gasteiger partial charge in [0.05, 0.1) is 17.7 Å². The molecule has 38 heavy (non-hydrogen) atoms. The summed E-state index contributed by atoms with van der Waals surface area (Å²) in [6, 6.07) is 21.5. The molecule has 0 saturated heterocycles. The van der Waals surface area contributed by atoms with Crippen molar-refractivity contribution in [1.29, 1.82) is 0 Å². The summed E-state index contributed by atoms with van der Waals surface area (Å²) in [7, 11) is -2.71. The van der Waals surface area contributed by atoms with Crippen molar-refractivity contribution in [2.45, 2.75) is 44.7 Å². The van der Waals surface area contributed by atoms with Crippen LogP contribution in [0, 0.1) is 6.92 Å². The number of methoxy groups -OCH3 is 1. The monoisotopic (exact) mass is 537 g/mol. The predicted molar refractivity (Wildman–Crippen MR) is 148 cm³/mol. The largest absolute Gasteiger partial charge is 0.495 e. The number of aryl methyl sites for hydroxylation is 1. The van der Waals surface area contributed by atoms with Gasteiger partial charge in [-0.3, -0.25) is 13.9 Å². The lowest BCUT2D eigenvalue weighted by Crippen LogP contribution is -2.52.